The van der Waals surface area contributed by atoms with Crippen molar-refractivity contribution in [2.24, 2.45) is 0 Å². The van der Waals surface area contributed by atoms with Crippen LogP contribution in [0.25, 0.3) is 11.5 Å². The molecule has 1 N–H and O–H groups in total. The molecule has 6 heteroatoms. The molecule has 0 radical (unpaired) electrons. The monoisotopic (exact) mass is 337 g/mol. The van der Waals surface area contributed by atoms with E-state index in [1.54, 1.807) is 0 Å². The third kappa shape index (κ3) is 3.08. The maximum absolute atomic E-state index is 9.94. The second kappa shape index (κ2) is 5.27. The van der Waals surface area contributed by atoms with Crippen LogP contribution in [-0.2, 0) is 6.54 Å². The van der Waals surface area contributed by atoms with Crippen molar-refractivity contribution in [1.29, 1.82) is 0 Å². The average molecular weight is 338 g/mol. The third-order valence-corrected chi connectivity index (χ3v) is 3.98. The Kier molecular flexibility index (Phi) is 3.62. The summed E-state index contributed by atoms with van der Waals surface area (Å²) in [6, 6.07) is 7.75. The lowest BCUT2D eigenvalue weighted by atomic mass is 10.1. The molecule has 1 fully saturated rings. The molecule has 0 saturated carbocycles. The summed E-state index contributed by atoms with van der Waals surface area (Å²) in [5.41, 5.74) is 0.300. The third-order valence-electron chi connectivity index (χ3n) is 3.45. The summed E-state index contributed by atoms with van der Waals surface area (Å²) in [4.78, 5) is 2.12. The molecule has 1 aromatic carbocycles. The molecule has 1 aromatic heterocycles. The second-order valence-electron chi connectivity index (χ2n) is 5.47. The van der Waals surface area contributed by atoms with Crippen molar-refractivity contribution in [3.8, 4) is 11.5 Å². The Bertz CT molecular complexity index is 595. The molecular weight excluding hydrogens is 322 g/mol. The molecular formula is C14H16BrN3O2. The lowest BCUT2D eigenvalue weighted by Crippen LogP contribution is -2.29. The predicted molar refractivity (Wildman–Crippen MR) is 78.0 cm³/mol. The van der Waals surface area contributed by atoms with Crippen LogP contribution in [0.5, 0.6) is 0 Å². The van der Waals surface area contributed by atoms with Gasteiger partial charge in [0, 0.05) is 23.1 Å². The lowest BCUT2D eigenvalue weighted by molar-refractivity contribution is 0.0668. The van der Waals surface area contributed by atoms with Gasteiger partial charge >= 0.3 is 0 Å². The van der Waals surface area contributed by atoms with Gasteiger partial charge in [0.2, 0.25) is 11.8 Å². The maximum Gasteiger partial charge on any atom is 0.247 e. The van der Waals surface area contributed by atoms with Gasteiger partial charge in [0.05, 0.1) is 12.1 Å². The Morgan fingerprint density at radius 2 is 2.10 bits per heavy atom. The Labute approximate surface area is 125 Å². The van der Waals surface area contributed by atoms with Crippen molar-refractivity contribution in [2.75, 3.05) is 13.1 Å². The van der Waals surface area contributed by atoms with E-state index in [1.165, 1.54) is 0 Å². The number of benzene rings is 1. The first-order chi connectivity index (χ1) is 9.52. The van der Waals surface area contributed by atoms with E-state index in [2.05, 4.69) is 31.0 Å². The maximum atomic E-state index is 9.94. The predicted octanol–water partition coefficient (Wildman–Crippen LogP) is 2.46. The van der Waals surface area contributed by atoms with E-state index in [9.17, 15) is 5.11 Å². The van der Waals surface area contributed by atoms with E-state index in [0.29, 0.717) is 24.9 Å². The van der Waals surface area contributed by atoms with E-state index >= 15 is 0 Å². The molecule has 1 atom stereocenters. The van der Waals surface area contributed by atoms with Crippen LogP contribution in [-0.4, -0.2) is 38.9 Å². The summed E-state index contributed by atoms with van der Waals surface area (Å²) in [7, 11) is 0. The molecule has 20 heavy (non-hydrogen) atoms. The number of rotatable bonds is 3. The van der Waals surface area contributed by atoms with E-state index in [0.717, 1.165) is 23.0 Å². The zero-order valence-electron chi connectivity index (χ0n) is 11.2. The number of β-amino-alcohol motifs (C(OH)–C–C–N with tert-alkyl or cyclic N) is 1. The van der Waals surface area contributed by atoms with Crippen LogP contribution in [0.15, 0.2) is 33.2 Å². The van der Waals surface area contributed by atoms with Gasteiger partial charge in [0.15, 0.2) is 0 Å². The molecule has 0 aliphatic carbocycles. The van der Waals surface area contributed by atoms with Crippen LogP contribution in [0, 0.1) is 0 Å². The molecule has 1 aliphatic heterocycles. The van der Waals surface area contributed by atoms with Crippen molar-refractivity contribution >= 4 is 15.9 Å². The summed E-state index contributed by atoms with van der Waals surface area (Å²) >= 11 is 3.40. The summed E-state index contributed by atoms with van der Waals surface area (Å²) in [6.07, 6.45) is 0.778. The minimum Gasteiger partial charge on any atom is -0.419 e. The topological polar surface area (TPSA) is 62.4 Å². The van der Waals surface area contributed by atoms with E-state index in [1.807, 2.05) is 31.2 Å². The first-order valence-corrected chi connectivity index (χ1v) is 7.34. The number of hydrogen-bond donors (Lipinski definition) is 1. The number of aromatic nitrogens is 2. The van der Waals surface area contributed by atoms with Crippen molar-refractivity contribution in [3.63, 3.8) is 0 Å². The second-order valence-corrected chi connectivity index (χ2v) is 6.38. The highest BCUT2D eigenvalue weighted by molar-refractivity contribution is 9.10. The van der Waals surface area contributed by atoms with Crippen LogP contribution in [0.4, 0.5) is 0 Å². The number of hydrogen-bond acceptors (Lipinski definition) is 5. The summed E-state index contributed by atoms with van der Waals surface area (Å²) in [6.45, 7) is 3.93. The van der Waals surface area contributed by atoms with Crippen molar-refractivity contribution in [1.82, 2.24) is 15.1 Å². The summed E-state index contributed by atoms with van der Waals surface area (Å²) in [5.74, 6) is 1.11. The van der Waals surface area contributed by atoms with Gasteiger partial charge in [-0.05, 0) is 37.6 Å². The van der Waals surface area contributed by atoms with Crippen molar-refractivity contribution in [2.45, 2.75) is 25.5 Å². The van der Waals surface area contributed by atoms with Gasteiger partial charge in [0.25, 0.3) is 0 Å². The highest BCUT2D eigenvalue weighted by atomic mass is 79.9. The molecule has 2 aromatic rings. The fourth-order valence-electron chi connectivity index (χ4n) is 2.39. The smallest absolute Gasteiger partial charge is 0.247 e. The van der Waals surface area contributed by atoms with Gasteiger partial charge in [-0.15, -0.1) is 10.2 Å². The zero-order chi connectivity index (χ0) is 14.2. The van der Waals surface area contributed by atoms with Crippen LogP contribution < -0.4 is 0 Å². The van der Waals surface area contributed by atoms with Gasteiger partial charge in [-0.25, -0.2) is 0 Å². The minimum atomic E-state index is -0.603. The van der Waals surface area contributed by atoms with E-state index < -0.39 is 5.60 Å². The molecule has 5 nitrogen and oxygen atoms in total. The van der Waals surface area contributed by atoms with Gasteiger partial charge in [-0.3, -0.25) is 4.90 Å². The summed E-state index contributed by atoms with van der Waals surface area (Å²) in [5, 5.41) is 18.1. The van der Waals surface area contributed by atoms with Crippen LogP contribution in [0.2, 0.25) is 0 Å². The Morgan fingerprint density at radius 1 is 1.35 bits per heavy atom. The van der Waals surface area contributed by atoms with Crippen LogP contribution in [0.3, 0.4) is 0 Å². The van der Waals surface area contributed by atoms with Crippen LogP contribution >= 0.6 is 15.9 Å². The molecule has 2 heterocycles. The van der Waals surface area contributed by atoms with Gasteiger partial charge in [-0.1, -0.05) is 15.9 Å². The first-order valence-electron chi connectivity index (χ1n) is 6.55. The highest BCUT2D eigenvalue weighted by Gasteiger charge is 2.31. The molecule has 1 aliphatic rings. The quantitative estimate of drug-likeness (QED) is 0.932. The first kappa shape index (κ1) is 13.7. The number of nitrogens with zero attached hydrogens (tertiary/aromatic N) is 3. The number of aliphatic hydroxyl groups is 1. The van der Waals surface area contributed by atoms with Crippen molar-refractivity contribution in [3.05, 3.63) is 34.6 Å². The minimum absolute atomic E-state index is 0.526. The summed E-state index contributed by atoms with van der Waals surface area (Å²) < 4.78 is 6.69. The van der Waals surface area contributed by atoms with Crippen molar-refractivity contribution < 1.29 is 9.52 Å². The largest absolute Gasteiger partial charge is 0.419 e. The SMILES string of the molecule is CC1(O)CCN(Cc2nnc(-c3ccc(Br)cc3)o2)C1. The standard InChI is InChI=1S/C14H16BrN3O2/c1-14(19)6-7-18(9-14)8-12-16-17-13(20-12)10-2-4-11(15)5-3-10/h2-5,19H,6-9H2,1H3. The molecule has 3 rings (SSSR count). The normalized spacial score (nSPS) is 23.4. The lowest BCUT2D eigenvalue weighted by Gasteiger charge is -2.16. The Hall–Kier alpha value is -1.24. The number of halogens is 1. The van der Waals surface area contributed by atoms with Crippen LogP contribution in [0.1, 0.15) is 19.2 Å². The zero-order valence-corrected chi connectivity index (χ0v) is 12.8. The van der Waals surface area contributed by atoms with E-state index in [-0.39, 0.29) is 0 Å². The highest BCUT2D eigenvalue weighted by Crippen LogP contribution is 2.24. The average Bonchev–Trinajstić information content (AvgIpc) is 2.98. The van der Waals surface area contributed by atoms with Gasteiger partial charge in [-0.2, -0.15) is 0 Å². The Balaban J connectivity index is 1.70. The fourth-order valence-corrected chi connectivity index (χ4v) is 2.66. The molecule has 106 valence electrons. The molecule has 1 unspecified atom stereocenters. The van der Waals surface area contributed by atoms with Gasteiger partial charge in [0.1, 0.15) is 0 Å². The number of likely N-dealkylation sites (tertiary alicyclic amines) is 1. The van der Waals surface area contributed by atoms with Gasteiger partial charge < -0.3 is 9.52 Å². The Morgan fingerprint density at radius 3 is 2.75 bits per heavy atom. The molecule has 1 saturated heterocycles. The molecule has 0 bridgehead atoms. The van der Waals surface area contributed by atoms with E-state index in [4.69, 9.17) is 4.42 Å². The fraction of sp³-hybridized carbons (Fsp3) is 0.429. The molecule has 0 amide bonds. The molecule has 0 spiro atoms.